The molecule has 18 heavy (non-hydrogen) atoms. The van der Waals surface area contributed by atoms with Crippen LogP contribution < -0.4 is 5.32 Å². The highest BCUT2D eigenvalue weighted by Gasteiger charge is 2.06. The lowest BCUT2D eigenvalue weighted by atomic mass is 10.1. The molecule has 2 N–H and O–H groups in total. The minimum absolute atomic E-state index is 0.242. The molecule has 0 atom stereocenters. The highest BCUT2D eigenvalue weighted by Crippen LogP contribution is 2.12. The van der Waals surface area contributed by atoms with E-state index in [0.717, 1.165) is 5.56 Å². The van der Waals surface area contributed by atoms with Crippen molar-refractivity contribution in [3.63, 3.8) is 0 Å². The van der Waals surface area contributed by atoms with E-state index in [1.807, 2.05) is 12.1 Å². The summed E-state index contributed by atoms with van der Waals surface area (Å²) in [4.78, 5) is 4.23. The molecule has 0 spiro atoms. The van der Waals surface area contributed by atoms with Crippen molar-refractivity contribution in [2.24, 2.45) is 0 Å². The van der Waals surface area contributed by atoms with Crippen molar-refractivity contribution in [1.29, 1.82) is 0 Å². The van der Waals surface area contributed by atoms with E-state index in [0.29, 0.717) is 31.2 Å². The molecule has 0 saturated carbocycles. The van der Waals surface area contributed by atoms with E-state index < -0.39 is 0 Å². The van der Waals surface area contributed by atoms with Crippen molar-refractivity contribution >= 4 is 0 Å². The molecule has 0 saturated heterocycles. The average molecular weight is 243 g/mol. The van der Waals surface area contributed by atoms with Crippen LogP contribution in [0.4, 0.5) is 0 Å². The van der Waals surface area contributed by atoms with Crippen LogP contribution in [0.25, 0.3) is 0 Å². The van der Waals surface area contributed by atoms with E-state index in [9.17, 15) is 5.11 Å². The Morgan fingerprint density at radius 3 is 2.83 bits per heavy atom. The first-order chi connectivity index (χ1) is 8.78. The summed E-state index contributed by atoms with van der Waals surface area (Å²) >= 11 is 0. The molecule has 2 rings (SSSR count). The Kier molecular flexibility index (Phi) is 3.94. The van der Waals surface area contributed by atoms with Crippen LogP contribution in [-0.4, -0.2) is 21.8 Å². The van der Waals surface area contributed by atoms with Crippen LogP contribution in [0.1, 0.15) is 17.3 Å². The van der Waals surface area contributed by atoms with Crippen LogP contribution in [0.2, 0.25) is 0 Å². The maximum Gasteiger partial charge on any atom is 0.240 e. The average Bonchev–Trinajstić information content (AvgIpc) is 2.80. The van der Waals surface area contributed by atoms with Gasteiger partial charge in [0.2, 0.25) is 5.89 Å². The van der Waals surface area contributed by atoms with Gasteiger partial charge in [0.15, 0.2) is 5.82 Å². The van der Waals surface area contributed by atoms with E-state index in [1.165, 1.54) is 0 Å². The molecule has 0 aliphatic carbocycles. The third-order valence-electron chi connectivity index (χ3n) is 2.31. The summed E-state index contributed by atoms with van der Waals surface area (Å²) in [6, 6.07) is 6.90. The lowest BCUT2D eigenvalue weighted by Gasteiger charge is -1.96. The maximum atomic E-state index is 9.17. The summed E-state index contributed by atoms with van der Waals surface area (Å²) < 4.78 is 5.07. The van der Waals surface area contributed by atoms with Crippen LogP contribution in [-0.2, 0) is 13.0 Å². The Hall–Kier alpha value is -2.32. The quantitative estimate of drug-likeness (QED) is 0.607. The highest BCUT2D eigenvalue weighted by atomic mass is 16.5. The van der Waals surface area contributed by atoms with E-state index in [-0.39, 0.29) is 5.75 Å². The minimum atomic E-state index is 0.242. The standard InChI is InChI=1S/C13H13N3O2/c1-2-7-14-9-13-15-12(16-18-13)8-10-3-5-11(17)6-4-10/h1,3-6,14,17H,7-9H2. The van der Waals surface area contributed by atoms with Gasteiger partial charge in [0, 0.05) is 6.42 Å². The smallest absolute Gasteiger partial charge is 0.240 e. The third-order valence-corrected chi connectivity index (χ3v) is 2.31. The van der Waals surface area contributed by atoms with Gasteiger partial charge in [-0.15, -0.1) is 6.42 Å². The van der Waals surface area contributed by atoms with Gasteiger partial charge in [-0.05, 0) is 17.7 Å². The third kappa shape index (κ3) is 3.34. The molecule has 5 heteroatoms. The first-order valence-corrected chi connectivity index (χ1v) is 5.51. The SMILES string of the molecule is C#CCNCc1nc(Cc2ccc(O)cc2)no1. The monoisotopic (exact) mass is 243 g/mol. The Morgan fingerprint density at radius 1 is 1.33 bits per heavy atom. The molecule has 0 bridgehead atoms. The normalized spacial score (nSPS) is 10.2. The molecule has 92 valence electrons. The summed E-state index contributed by atoms with van der Waals surface area (Å²) in [5.74, 6) is 3.83. The predicted octanol–water partition coefficient (Wildman–Crippen LogP) is 1.09. The van der Waals surface area contributed by atoms with Gasteiger partial charge in [-0.3, -0.25) is 5.32 Å². The molecular formula is C13H13N3O2. The first kappa shape index (κ1) is 12.1. The molecule has 5 nitrogen and oxygen atoms in total. The number of phenolic OH excluding ortho intramolecular Hbond substituents is 1. The fourth-order valence-corrected chi connectivity index (χ4v) is 1.47. The van der Waals surface area contributed by atoms with Gasteiger partial charge in [0.25, 0.3) is 0 Å². The van der Waals surface area contributed by atoms with Gasteiger partial charge in [0.1, 0.15) is 5.75 Å². The van der Waals surface area contributed by atoms with Crippen molar-refractivity contribution in [2.75, 3.05) is 6.54 Å². The zero-order chi connectivity index (χ0) is 12.8. The number of rotatable bonds is 5. The molecule has 1 aromatic carbocycles. The molecule has 0 aliphatic heterocycles. The van der Waals surface area contributed by atoms with Gasteiger partial charge in [-0.2, -0.15) is 4.98 Å². The lowest BCUT2D eigenvalue weighted by molar-refractivity contribution is 0.366. The van der Waals surface area contributed by atoms with Gasteiger partial charge < -0.3 is 9.63 Å². The molecule has 1 aromatic heterocycles. The molecule has 0 aliphatic rings. The molecule has 1 heterocycles. The fraction of sp³-hybridized carbons (Fsp3) is 0.231. The van der Waals surface area contributed by atoms with Crippen LogP contribution in [0, 0.1) is 12.3 Å². The van der Waals surface area contributed by atoms with Gasteiger partial charge in [0.05, 0.1) is 13.1 Å². The molecule has 2 aromatic rings. The second-order valence-electron chi connectivity index (χ2n) is 3.76. The van der Waals surface area contributed by atoms with Crippen LogP contribution in [0.3, 0.4) is 0 Å². The number of nitrogens with one attached hydrogen (secondary N) is 1. The summed E-state index contributed by atoms with van der Waals surface area (Å²) in [7, 11) is 0. The largest absolute Gasteiger partial charge is 0.508 e. The highest BCUT2D eigenvalue weighted by molar-refractivity contribution is 5.27. The molecule has 0 amide bonds. The zero-order valence-corrected chi connectivity index (χ0v) is 9.76. The second kappa shape index (κ2) is 5.84. The Balaban J connectivity index is 1.94. The number of aromatic hydroxyl groups is 1. The van der Waals surface area contributed by atoms with Crippen LogP contribution in [0.15, 0.2) is 28.8 Å². The molecule has 0 fully saturated rings. The van der Waals surface area contributed by atoms with E-state index >= 15 is 0 Å². The Labute approximate surface area is 105 Å². The number of aromatic nitrogens is 2. The minimum Gasteiger partial charge on any atom is -0.508 e. The number of nitrogens with zero attached hydrogens (tertiary/aromatic N) is 2. The number of hydrogen-bond donors (Lipinski definition) is 2. The summed E-state index contributed by atoms with van der Waals surface area (Å²) in [5.41, 5.74) is 1.01. The zero-order valence-electron chi connectivity index (χ0n) is 9.76. The molecule has 0 unspecified atom stereocenters. The topological polar surface area (TPSA) is 71.2 Å². The van der Waals surface area contributed by atoms with Crippen molar-refractivity contribution < 1.29 is 9.63 Å². The number of terminal acetylenes is 1. The van der Waals surface area contributed by atoms with E-state index in [4.69, 9.17) is 10.9 Å². The lowest BCUT2D eigenvalue weighted by Crippen LogP contribution is -2.13. The summed E-state index contributed by atoms with van der Waals surface area (Å²) in [5, 5.41) is 16.0. The fourth-order valence-electron chi connectivity index (χ4n) is 1.47. The second-order valence-corrected chi connectivity index (χ2v) is 3.76. The van der Waals surface area contributed by atoms with Crippen molar-refractivity contribution in [2.45, 2.75) is 13.0 Å². The van der Waals surface area contributed by atoms with Crippen molar-refractivity contribution in [3.8, 4) is 18.1 Å². The predicted molar refractivity (Wildman–Crippen MR) is 65.8 cm³/mol. The maximum absolute atomic E-state index is 9.17. The van der Waals surface area contributed by atoms with Gasteiger partial charge in [-0.1, -0.05) is 23.2 Å². The van der Waals surface area contributed by atoms with Crippen molar-refractivity contribution in [3.05, 3.63) is 41.5 Å². The van der Waals surface area contributed by atoms with Crippen LogP contribution in [0.5, 0.6) is 5.75 Å². The van der Waals surface area contributed by atoms with Crippen molar-refractivity contribution in [1.82, 2.24) is 15.5 Å². The van der Waals surface area contributed by atoms with Gasteiger partial charge >= 0.3 is 0 Å². The van der Waals surface area contributed by atoms with E-state index in [2.05, 4.69) is 21.4 Å². The molecule has 0 radical (unpaired) electrons. The Bertz CT molecular complexity index is 540. The Morgan fingerprint density at radius 2 is 2.11 bits per heavy atom. The summed E-state index contributed by atoms with van der Waals surface area (Å²) in [6.45, 7) is 0.933. The summed E-state index contributed by atoms with van der Waals surface area (Å²) in [6.07, 6.45) is 5.68. The number of benzene rings is 1. The first-order valence-electron chi connectivity index (χ1n) is 5.51. The van der Waals surface area contributed by atoms with Crippen LogP contribution >= 0.6 is 0 Å². The van der Waals surface area contributed by atoms with E-state index in [1.54, 1.807) is 12.1 Å². The molecular weight excluding hydrogens is 230 g/mol. The van der Waals surface area contributed by atoms with Gasteiger partial charge in [-0.25, -0.2) is 0 Å². The number of phenols is 1. The number of hydrogen-bond acceptors (Lipinski definition) is 5.